The summed E-state index contributed by atoms with van der Waals surface area (Å²) in [4.78, 5) is 0. The summed E-state index contributed by atoms with van der Waals surface area (Å²) in [5.41, 5.74) is 1.43. The highest BCUT2D eigenvalue weighted by atomic mass is 14.3. The third kappa shape index (κ3) is 7.50. The lowest BCUT2D eigenvalue weighted by molar-refractivity contribution is 0.269. The van der Waals surface area contributed by atoms with Gasteiger partial charge in [0.15, 0.2) is 0 Å². The van der Waals surface area contributed by atoms with E-state index >= 15 is 0 Å². The minimum atomic E-state index is 0.831. The Balaban J connectivity index is 2.09. The van der Waals surface area contributed by atoms with Gasteiger partial charge < -0.3 is 0 Å². The molecule has 0 aromatic carbocycles. The minimum absolute atomic E-state index is 0.831. The first kappa shape index (κ1) is 17.8. The van der Waals surface area contributed by atoms with Gasteiger partial charge >= 0.3 is 0 Å². The van der Waals surface area contributed by atoms with Gasteiger partial charge in [-0.3, -0.25) is 0 Å². The monoisotopic (exact) mass is 278 g/mol. The van der Waals surface area contributed by atoms with E-state index in [9.17, 15) is 0 Å². The fraction of sp³-hybridized carbons (Fsp3) is 0.900. The van der Waals surface area contributed by atoms with Crippen LogP contribution >= 0.6 is 0 Å². The second-order valence-corrected chi connectivity index (χ2v) is 7.94. The molecule has 1 aliphatic carbocycles. The second-order valence-electron chi connectivity index (χ2n) is 7.94. The van der Waals surface area contributed by atoms with Crippen LogP contribution in [0.2, 0.25) is 0 Å². The molecular formula is C20H38. The summed E-state index contributed by atoms with van der Waals surface area (Å²) in [6.07, 6.45) is 14.4. The van der Waals surface area contributed by atoms with Crippen LogP contribution in [0.5, 0.6) is 0 Å². The first-order valence-corrected chi connectivity index (χ1v) is 9.14. The van der Waals surface area contributed by atoms with E-state index in [1.54, 1.807) is 0 Å². The van der Waals surface area contributed by atoms with Crippen molar-refractivity contribution >= 4 is 0 Å². The first-order valence-electron chi connectivity index (χ1n) is 9.14. The topological polar surface area (TPSA) is 0 Å². The second kappa shape index (κ2) is 9.64. The minimum Gasteiger partial charge on any atom is -0.0999 e. The van der Waals surface area contributed by atoms with Crippen molar-refractivity contribution in [2.24, 2.45) is 23.7 Å². The Morgan fingerprint density at radius 3 is 2.40 bits per heavy atom. The summed E-state index contributed by atoms with van der Waals surface area (Å²) in [5, 5.41) is 0. The van der Waals surface area contributed by atoms with Crippen LogP contribution < -0.4 is 0 Å². The standard InChI is InChI=1S/C20H38/c1-16(2)9-6-10-18(5)11-7-12-19-13-8-14-20(15-19)17(3)4/h16,18-20H,3,6-15H2,1-2,4-5H3. The van der Waals surface area contributed by atoms with Crippen LogP contribution in [-0.4, -0.2) is 0 Å². The molecule has 118 valence electrons. The molecule has 3 atom stereocenters. The Hall–Kier alpha value is -0.260. The highest BCUT2D eigenvalue weighted by molar-refractivity contribution is 4.98. The molecule has 1 saturated carbocycles. The van der Waals surface area contributed by atoms with Gasteiger partial charge in [0.05, 0.1) is 0 Å². The number of allylic oxidation sites excluding steroid dienone is 1. The van der Waals surface area contributed by atoms with Gasteiger partial charge in [0, 0.05) is 0 Å². The number of rotatable bonds is 9. The molecule has 0 radical (unpaired) electrons. The lowest BCUT2D eigenvalue weighted by Crippen LogP contribution is -2.16. The maximum absolute atomic E-state index is 4.17. The molecule has 0 spiro atoms. The van der Waals surface area contributed by atoms with Crippen molar-refractivity contribution in [3.05, 3.63) is 12.2 Å². The van der Waals surface area contributed by atoms with E-state index in [-0.39, 0.29) is 0 Å². The molecule has 1 fully saturated rings. The molecule has 0 bridgehead atoms. The van der Waals surface area contributed by atoms with E-state index in [1.807, 2.05) is 0 Å². The molecule has 0 amide bonds. The third-order valence-corrected chi connectivity index (χ3v) is 5.27. The van der Waals surface area contributed by atoms with Crippen molar-refractivity contribution < 1.29 is 0 Å². The van der Waals surface area contributed by atoms with Crippen LogP contribution in [0.3, 0.4) is 0 Å². The van der Waals surface area contributed by atoms with Gasteiger partial charge in [-0.2, -0.15) is 0 Å². The van der Waals surface area contributed by atoms with Gasteiger partial charge in [-0.15, -0.1) is 0 Å². The summed E-state index contributed by atoms with van der Waals surface area (Å²) < 4.78 is 0. The van der Waals surface area contributed by atoms with Gasteiger partial charge in [0.1, 0.15) is 0 Å². The summed E-state index contributed by atoms with van der Waals surface area (Å²) in [5.74, 6) is 3.64. The Morgan fingerprint density at radius 1 is 1.05 bits per heavy atom. The van der Waals surface area contributed by atoms with Crippen molar-refractivity contribution in [2.75, 3.05) is 0 Å². The normalized spacial score (nSPS) is 24.9. The van der Waals surface area contributed by atoms with Crippen molar-refractivity contribution in [1.29, 1.82) is 0 Å². The van der Waals surface area contributed by atoms with Crippen LogP contribution in [0.1, 0.15) is 91.9 Å². The highest BCUT2D eigenvalue weighted by Gasteiger charge is 2.22. The highest BCUT2D eigenvalue weighted by Crippen LogP contribution is 2.35. The maximum atomic E-state index is 4.17. The number of hydrogen-bond acceptors (Lipinski definition) is 0. The lowest BCUT2D eigenvalue weighted by atomic mass is 9.76. The lowest BCUT2D eigenvalue weighted by Gasteiger charge is -2.29. The van der Waals surface area contributed by atoms with Gasteiger partial charge in [0.25, 0.3) is 0 Å². The summed E-state index contributed by atoms with van der Waals surface area (Å²) in [6, 6.07) is 0. The van der Waals surface area contributed by atoms with Crippen molar-refractivity contribution in [1.82, 2.24) is 0 Å². The van der Waals surface area contributed by atoms with Gasteiger partial charge in [0.2, 0.25) is 0 Å². The molecule has 1 aliphatic rings. The summed E-state index contributed by atoms with van der Waals surface area (Å²) in [7, 11) is 0. The Bertz CT molecular complexity index is 263. The molecule has 0 heterocycles. The van der Waals surface area contributed by atoms with E-state index in [0.717, 1.165) is 23.7 Å². The van der Waals surface area contributed by atoms with Crippen LogP contribution in [0.4, 0.5) is 0 Å². The molecule has 0 aliphatic heterocycles. The average Bonchev–Trinajstić information content (AvgIpc) is 2.38. The fourth-order valence-electron chi connectivity index (χ4n) is 3.77. The predicted octanol–water partition coefficient (Wildman–Crippen LogP) is 7.00. The smallest absolute Gasteiger partial charge is 0.0206 e. The van der Waals surface area contributed by atoms with E-state index in [0.29, 0.717) is 0 Å². The van der Waals surface area contributed by atoms with Crippen molar-refractivity contribution in [2.45, 2.75) is 91.9 Å². The molecule has 0 heteroatoms. The zero-order valence-electron chi connectivity index (χ0n) is 14.6. The first-order chi connectivity index (χ1) is 9.49. The van der Waals surface area contributed by atoms with Crippen LogP contribution in [0, 0.1) is 23.7 Å². The van der Waals surface area contributed by atoms with Gasteiger partial charge in [-0.05, 0) is 43.4 Å². The molecule has 0 aromatic heterocycles. The quantitative estimate of drug-likeness (QED) is 0.398. The van der Waals surface area contributed by atoms with Crippen molar-refractivity contribution in [3.8, 4) is 0 Å². The van der Waals surface area contributed by atoms with E-state index in [1.165, 1.54) is 69.8 Å². The van der Waals surface area contributed by atoms with Gasteiger partial charge in [-0.25, -0.2) is 0 Å². The Morgan fingerprint density at radius 2 is 1.75 bits per heavy atom. The molecule has 3 unspecified atom stereocenters. The molecule has 20 heavy (non-hydrogen) atoms. The van der Waals surface area contributed by atoms with E-state index in [4.69, 9.17) is 0 Å². The molecule has 1 rings (SSSR count). The maximum Gasteiger partial charge on any atom is -0.0206 e. The predicted molar refractivity (Wildman–Crippen MR) is 92.0 cm³/mol. The average molecular weight is 279 g/mol. The summed E-state index contributed by atoms with van der Waals surface area (Å²) >= 11 is 0. The van der Waals surface area contributed by atoms with Crippen LogP contribution in [0.25, 0.3) is 0 Å². The Labute approximate surface area is 128 Å². The fourth-order valence-corrected chi connectivity index (χ4v) is 3.77. The molecule has 0 nitrogen and oxygen atoms in total. The SMILES string of the molecule is C=C(C)C1CCCC(CCCC(C)CCCC(C)C)C1. The summed E-state index contributed by atoms with van der Waals surface area (Å²) in [6.45, 7) is 13.5. The molecule has 0 aromatic rings. The van der Waals surface area contributed by atoms with Gasteiger partial charge in [-0.1, -0.05) is 84.3 Å². The van der Waals surface area contributed by atoms with E-state index < -0.39 is 0 Å². The zero-order valence-corrected chi connectivity index (χ0v) is 14.6. The largest absolute Gasteiger partial charge is 0.0999 e. The Kier molecular flexibility index (Phi) is 8.57. The molecule has 0 saturated heterocycles. The van der Waals surface area contributed by atoms with Crippen LogP contribution in [-0.2, 0) is 0 Å². The van der Waals surface area contributed by atoms with Crippen LogP contribution in [0.15, 0.2) is 12.2 Å². The van der Waals surface area contributed by atoms with E-state index in [2.05, 4.69) is 34.3 Å². The molecular weight excluding hydrogens is 240 g/mol. The third-order valence-electron chi connectivity index (χ3n) is 5.27. The molecule has 0 N–H and O–H groups in total. The zero-order chi connectivity index (χ0) is 15.0. The van der Waals surface area contributed by atoms with Crippen molar-refractivity contribution in [3.63, 3.8) is 0 Å². The number of hydrogen-bond donors (Lipinski definition) is 0.